The second-order valence-electron chi connectivity index (χ2n) is 3.30. The highest BCUT2D eigenvalue weighted by atomic mass is 16.3. The molecule has 0 bridgehead atoms. The summed E-state index contributed by atoms with van der Waals surface area (Å²) in [5, 5.41) is 26.9. The van der Waals surface area contributed by atoms with Gasteiger partial charge < -0.3 is 5.11 Å². The lowest BCUT2D eigenvalue weighted by Crippen LogP contribution is -1.85. The van der Waals surface area contributed by atoms with Crippen LogP contribution in [-0.2, 0) is 0 Å². The zero-order chi connectivity index (χ0) is 11.4. The highest BCUT2D eigenvalue weighted by molar-refractivity contribution is 5.68. The van der Waals surface area contributed by atoms with E-state index in [1.54, 1.807) is 18.2 Å². The van der Waals surface area contributed by atoms with Crippen LogP contribution in [0.15, 0.2) is 17.7 Å². The maximum absolute atomic E-state index is 9.65. The van der Waals surface area contributed by atoms with E-state index in [9.17, 15) is 5.11 Å². The van der Waals surface area contributed by atoms with Gasteiger partial charge in [0.05, 0.1) is 0 Å². The Balaban J connectivity index is 3.36. The zero-order valence-electron chi connectivity index (χ0n) is 8.57. The minimum atomic E-state index is -0.0164. The molecule has 0 atom stereocenters. The van der Waals surface area contributed by atoms with E-state index in [1.807, 2.05) is 19.9 Å². The largest absolute Gasteiger partial charge is 0.507 e. The van der Waals surface area contributed by atoms with E-state index in [1.165, 1.54) is 6.08 Å². The van der Waals surface area contributed by atoms with Gasteiger partial charge in [0.25, 0.3) is 0 Å². The molecule has 0 aliphatic rings. The van der Waals surface area contributed by atoms with Gasteiger partial charge in [0.1, 0.15) is 23.5 Å². The molecule has 0 amide bonds. The van der Waals surface area contributed by atoms with Crippen molar-refractivity contribution in [1.29, 1.82) is 10.5 Å². The molecular weight excluding hydrogens is 188 g/mol. The van der Waals surface area contributed by atoms with Crippen LogP contribution in [0, 0.1) is 36.5 Å². The molecule has 3 nitrogen and oxygen atoms in total. The van der Waals surface area contributed by atoms with Gasteiger partial charge in [0, 0.05) is 5.56 Å². The third-order valence-electron chi connectivity index (χ3n) is 2.04. The molecule has 0 spiro atoms. The number of phenolic OH excluding ortho intramolecular Hbond substituents is 1. The fraction of sp³-hybridized carbons (Fsp3) is 0.167. The number of rotatable bonds is 1. The van der Waals surface area contributed by atoms with Crippen LogP contribution in [0.25, 0.3) is 6.08 Å². The number of aryl methyl sites for hydroxylation is 2. The van der Waals surface area contributed by atoms with E-state index in [0.29, 0.717) is 5.56 Å². The number of aromatic hydroxyl groups is 1. The molecule has 0 unspecified atom stereocenters. The maximum atomic E-state index is 9.65. The number of allylic oxidation sites excluding steroid dienone is 1. The zero-order valence-corrected chi connectivity index (χ0v) is 8.57. The Labute approximate surface area is 88.5 Å². The molecule has 0 aromatic heterocycles. The minimum Gasteiger partial charge on any atom is -0.507 e. The highest BCUT2D eigenvalue weighted by Gasteiger charge is 2.04. The first kappa shape index (κ1) is 10.8. The van der Waals surface area contributed by atoms with Crippen molar-refractivity contribution in [2.75, 3.05) is 0 Å². The summed E-state index contributed by atoms with van der Waals surface area (Å²) in [7, 11) is 0. The lowest BCUT2D eigenvalue weighted by atomic mass is 10.0. The number of benzene rings is 1. The lowest BCUT2D eigenvalue weighted by molar-refractivity contribution is 0.473. The molecule has 1 N–H and O–H groups in total. The highest BCUT2D eigenvalue weighted by Crippen LogP contribution is 2.25. The van der Waals surface area contributed by atoms with Crippen molar-refractivity contribution < 1.29 is 5.11 Å². The van der Waals surface area contributed by atoms with Crippen molar-refractivity contribution in [3.63, 3.8) is 0 Å². The summed E-state index contributed by atoms with van der Waals surface area (Å²) in [6.45, 7) is 3.70. The van der Waals surface area contributed by atoms with Crippen molar-refractivity contribution in [3.05, 3.63) is 34.4 Å². The molecule has 0 aliphatic heterocycles. The van der Waals surface area contributed by atoms with Crippen molar-refractivity contribution in [3.8, 4) is 17.9 Å². The van der Waals surface area contributed by atoms with Crippen LogP contribution >= 0.6 is 0 Å². The Morgan fingerprint density at radius 1 is 1.27 bits per heavy atom. The molecule has 74 valence electrons. The van der Waals surface area contributed by atoms with Gasteiger partial charge in [-0.1, -0.05) is 6.07 Å². The summed E-state index contributed by atoms with van der Waals surface area (Å²) < 4.78 is 0. The van der Waals surface area contributed by atoms with E-state index in [-0.39, 0.29) is 11.3 Å². The average molecular weight is 198 g/mol. The predicted octanol–water partition coefficient (Wildman–Crippen LogP) is 2.44. The number of hydrogen-bond donors (Lipinski definition) is 1. The molecule has 0 fully saturated rings. The van der Waals surface area contributed by atoms with E-state index < -0.39 is 0 Å². The number of nitrogens with zero attached hydrogens (tertiary/aromatic N) is 2. The van der Waals surface area contributed by atoms with Gasteiger partial charge in [0.15, 0.2) is 0 Å². The Kier molecular flexibility index (Phi) is 3.10. The Bertz CT molecular complexity index is 462. The molecular formula is C12H10N2O. The molecule has 0 saturated carbocycles. The molecule has 0 heterocycles. The smallest absolute Gasteiger partial charge is 0.130 e. The van der Waals surface area contributed by atoms with Crippen LogP contribution in [-0.4, -0.2) is 5.11 Å². The van der Waals surface area contributed by atoms with Crippen molar-refractivity contribution >= 4 is 6.08 Å². The van der Waals surface area contributed by atoms with Crippen LogP contribution in [0.4, 0.5) is 0 Å². The second-order valence-corrected chi connectivity index (χ2v) is 3.30. The van der Waals surface area contributed by atoms with Crippen LogP contribution < -0.4 is 0 Å². The normalized spacial score (nSPS) is 8.80. The number of phenols is 1. The van der Waals surface area contributed by atoms with Gasteiger partial charge in [-0.3, -0.25) is 0 Å². The predicted molar refractivity (Wildman–Crippen MR) is 56.8 cm³/mol. The second kappa shape index (κ2) is 4.30. The van der Waals surface area contributed by atoms with Gasteiger partial charge in [-0.05, 0) is 37.1 Å². The molecule has 3 heteroatoms. The topological polar surface area (TPSA) is 67.8 Å². The number of nitriles is 2. The Morgan fingerprint density at radius 2 is 1.87 bits per heavy atom. The Morgan fingerprint density at radius 3 is 2.33 bits per heavy atom. The van der Waals surface area contributed by atoms with Gasteiger partial charge in [-0.2, -0.15) is 10.5 Å². The standard InChI is InChI=1S/C12H10N2O/c1-8-3-9(2)11(12(15)4-8)5-10(6-13)7-14/h3-5,15H,1-2H3. The first-order valence-electron chi connectivity index (χ1n) is 4.40. The molecule has 1 aromatic rings. The summed E-state index contributed by atoms with van der Waals surface area (Å²) in [4.78, 5) is 0. The van der Waals surface area contributed by atoms with E-state index in [2.05, 4.69) is 0 Å². The van der Waals surface area contributed by atoms with Crippen LogP contribution in [0.5, 0.6) is 5.75 Å². The quantitative estimate of drug-likeness (QED) is 0.704. The summed E-state index contributed by atoms with van der Waals surface area (Å²) in [5.74, 6) is 0.0931. The molecule has 1 aromatic carbocycles. The van der Waals surface area contributed by atoms with Gasteiger partial charge in [-0.25, -0.2) is 0 Å². The molecule has 15 heavy (non-hydrogen) atoms. The minimum absolute atomic E-state index is 0.0164. The third-order valence-corrected chi connectivity index (χ3v) is 2.04. The molecule has 0 radical (unpaired) electrons. The maximum Gasteiger partial charge on any atom is 0.130 e. The van der Waals surface area contributed by atoms with Gasteiger partial charge in [0.2, 0.25) is 0 Å². The van der Waals surface area contributed by atoms with E-state index >= 15 is 0 Å². The first-order valence-corrected chi connectivity index (χ1v) is 4.40. The fourth-order valence-electron chi connectivity index (χ4n) is 1.38. The summed E-state index contributed by atoms with van der Waals surface area (Å²) in [5.41, 5.74) is 2.30. The SMILES string of the molecule is Cc1cc(C)c(C=C(C#N)C#N)c(O)c1. The molecule has 0 aliphatic carbocycles. The van der Waals surface area contributed by atoms with Crippen LogP contribution in [0.3, 0.4) is 0 Å². The van der Waals surface area contributed by atoms with Crippen molar-refractivity contribution in [2.45, 2.75) is 13.8 Å². The average Bonchev–Trinajstić information content (AvgIpc) is 2.17. The Hall–Kier alpha value is -2.26. The van der Waals surface area contributed by atoms with Crippen LogP contribution in [0.1, 0.15) is 16.7 Å². The van der Waals surface area contributed by atoms with Gasteiger partial charge >= 0.3 is 0 Å². The number of hydrogen-bond acceptors (Lipinski definition) is 3. The van der Waals surface area contributed by atoms with Gasteiger partial charge in [-0.15, -0.1) is 0 Å². The van der Waals surface area contributed by atoms with E-state index in [0.717, 1.165) is 11.1 Å². The third kappa shape index (κ3) is 2.36. The monoisotopic (exact) mass is 198 g/mol. The fourth-order valence-corrected chi connectivity index (χ4v) is 1.38. The van der Waals surface area contributed by atoms with E-state index in [4.69, 9.17) is 10.5 Å². The van der Waals surface area contributed by atoms with Crippen molar-refractivity contribution in [2.24, 2.45) is 0 Å². The molecule has 1 rings (SSSR count). The van der Waals surface area contributed by atoms with Crippen molar-refractivity contribution in [1.82, 2.24) is 0 Å². The molecule has 0 saturated heterocycles. The summed E-state index contributed by atoms with van der Waals surface area (Å²) in [6, 6.07) is 7.01. The summed E-state index contributed by atoms with van der Waals surface area (Å²) >= 11 is 0. The summed E-state index contributed by atoms with van der Waals surface area (Å²) in [6.07, 6.45) is 1.39. The first-order chi connectivity index (χ1) is 7.08. The lowest BCUT2D eigenvalue weighted by Gasteiger charge is -2.05. The van der Waals surface area contributed by atoms with Crippen LogP contribution in [0.2, 0.25) is 0 Å².